The number of ether oxygens (including phenoxy) is 2. The number of carbonyl (C=O) groups excluding carboxylic acids is 1. The first-order chi connectivity index (χ1) is 11.0. The Balaban J connectivity index is 1.71. The Labute approximate surface area is 138 Å². The number of rotatable bonds is 7. The molecular weight excluding hydrogens is 322 g/mol. The number of carbonyl (C=O) groups is 1. The molecule has 0 aliphatic carbocycles. The first-order valence-electron chi connectivity index (χ1n) is 8.07. The van der Waals surface area contributed by atoms with E-state index < -0.39 is 10.0 Å². The van der Waals surface area contributed by atoms with E-state index in [2.05, 4.69) is 4.90 Å². The van der Waals surface area contributed by atoms with Crippen molar-refractivity contribution in [3.8, 4) is 0 Å². The van der Waals surface area contributed by atoms with Gasteiger partial charge in [0.05, 0.1) is 25.6 Å². The van der Waals surface area contributed by atoms with E-state index in [4.69, 9.17) is 9.47 Å². The van der Waals surface area contributed by atoms with Crippen LogP contribution in [0.25, 0.3) is 0 Å². The van der Waals surface area contributed by atoms with Gasteiger partial charge in [0, 0.05) is 59.3 Å². The number of sulfonamides is 1. The number of hydrogen-bond acceptors (Lipinski definition) is 6. The van der Waals surface area contributed by atoms with Crippen molar-refractivity contribution in [3.05, 3.63) is 0 Å². The fraction of sp³-hybridized carbons (Fsp3) is 0.929. The number of piperazine rings is 1. The molecule has 2 fully saturated rings. The molecule has 134 valence electrons. The van der Waals surface area contributed by atoms with Gasteiger partial charge in [-0.15, -0.1) is 0 Å². The third-order valence-corrected chi connectivity index (χ3v) is 6.11. The van der Waals surface area contributed by atoms with Crippen molar-refractivity contribution >= 4 is 15.9 Å². The van der Waals surface area contributed by atoms with Gasteiger partial charge in [-0.3, -0.25) is 9.69 Å². The molecular formula is C14H27N3O5S. The maximum Gasteiger partial charge on any atom is 0.223 e. The normalized spacial score (nSPS) is 21.5. The smallest absolute Gasteiger partial charge is 0.223 e. The molecule has 2 aliphatic rings. The van der Waals surface area contributed by atoms with Crippen LogP contribution in [0.3, 0.4) is 0 Å². The van der Waals surface area contributed by atoms with Crippen molar-refractivity contribution in [2.45, 2.75) is 6.42 Å². The molecule has 0 spiro atoms. The average molecular weight is 349 g/mol. The van der Waals surface area contributed by atoms with Gasteiger partial charge in [-0.1, -0.05) is 0 Å². The number of nitrogens with zero attached hydrogens (tertiary/aromatic N) is 3. The zero-order valence-corrected chi connectivity index (χ0v) is 14.6. The van der Waals surface area contributed by atoms with E-state index in [0.717, 1.165) is 32.8 Å². The Morgan fingerprint density at radius 1 is 1.09 bits per heavy atom. The van der Waals surface area contributed by atoms with Crippen LogP contribution in [-0.4, -0.2) is 107 Å². The lowest BCUT2D eigenvalue weighted by Gasteiger charge is -2.34. The van der Waals surface area contributed by atoms with Crippen LogP contribution >= 0.6 is 0 Å². The topological polar surface area (TPSA) is 79.4 Å². The van der Waals surface area contributed by atoms with Crippen LogP contribution in [0, 0.1) is 0 Å². The number of morpholine rings is 1. The molecule has 0 aromatic heterocycles. The van der Waals surface area contributed by atoms with Crippen molar-refractivity contribution in [3.63, 3.8) is 0 Å². The number of hydrogen-bond donors (Lipinski definition) is 0. The molecule has 1 amide bonds. The van der Waals surface area contributed by atoms with Crippen LogP contribution in [0.15, 0.2) is 0 Å². The lowest BCUT2D eigenvalue weighted by molar-refractivity contribution is -0.133. The molecule has 0 bridgehead atoms. The third kappa shape index (κ3) is 5.68. The molecule has 0 aromatic rings. The Bertz CT molecular complexity index is 471. The molecule has 2 aliphatic heterocycles. The average Bonchev–Trinajstić information content (AvgIpc) is 2.59. The molecule has 2 rings (SSSR count). The van der Waals surface area contributed by atoms with Crippen LogP contribution in [0.1, 0.15) is 6.42 Å². The largest absolute Gasteiger partial charge is 0.384 e. The molecule has 0 N–H and O–H groups in total. The minimum absolute atomic E-state index is 0.00548. The summed E-state index contributed by atoms with van der Waals surface area (Å²) in [5.41, 5.74) is 0. The summed E-state index contributed by atoms with van der Waals surface area (Å²) in [5, 5.41) is 0. The molecule has 2 saturated heterocycles. The number of amides is 1. The van der Waals surface area contributed by atoms with Gasteiger partial charge in [-0.2, -0.15) is 4.31 Å². The van der Waals surface area contributed by atoms with Crippen molar-refractivity contribution < 1.29 is 22.7 Å². The van der Waals surface area contributed by atoms with E-state index in [0.29, 0.717) is 32.6 Å². The van der Waals surface area contributed by atoms with Crippen LogP contribution < -0.4 is 0 Å². The van der Waals surface area contributed by atoms with Gasteiger partial charge in [0.2, 0.25) is 15.9 Å². The standard InChI is InChI=1S/C14H27N3O5S/c1-21-12-13-23(19,20)17-6-4-16(5-7-17)14(18)2-3-15-8-10-22-11-9-15/h2-13H2,1H3. The molecule has 0 unspecified atom stereocenters. The summed E-state index contributed by atoms with van der Waals surface area (Å²) in [6.07, 6.45) is 0.483. The molecule has 0 radical (unpaired) electrons. The summed E-state index contributed by atoms with van der Waals surface area (Å²) >= 11 is 0. The van der Waals surface area contributed by atoms with E-state index >= 15 is 0 Å². The van der Waals surface area contributed by atoms with Gasteiger partial charge in [0.25, 0.3) is 0 Å². The second kappa shape index (κ2) is 8.93. The summed E-state index contributed by atoms with van der Waals surface area (Å²) in [5.74, 6) is 0.0968. The maximum atomic E-state index is 12.2. The Morgan fingerprint density at radius 2 is 1.74 bits per heavy atom. The Kier molecular flexibility index (Phi) is 7.22. The summed E-state index contributed by atoms with van der Waals surface area (Å²) < 4.78 is 35.7. The van der Waals surface area contributed by atoms with Gasteiger partial charge in [0.15, 0.2) is 0 Å². The lowest BCUT2D eigenvalue weighted by atomic mass is 10.3. The van der Waals surface area contributed by atoms with Crippen molar-refractivity contribution in [1.82, 2.24) is 14.1 Å². The highest BCUT2D eigenvalue weighted by atomic mass is 32.2. The molecule has 0 saturated carbocycles. The van der Waals surface area contributed by atoms with Crippen LogP contribution in [-0.2, 0) is 24.3 Å². The summed E-state index contributed by atoms with van der Waals surface area (Å²) in [6.45, 7) is 5.82. The molecule has 0 aromatic carbocycles. The second-order valence-corrected chi connectivity index (χ2v) is 7.88. The lowest BCUT2D eigenvalue weighted by Crippen LogP contribution is -2.51. The van der Waals surface area contributed by atoms with Crippen molar-refractivity contribution in [2.75, 3.05) is 78.5 Å². The highest BCUT2D eigenvalue weighted by molar-refractivity contribution is 7.89. The maximum absolute atomic E-state index is 12.2. The Morgan fingerprint density at radius 3 is 2.35 bits per heavy atom. The third-order valence-electron chi connectivity index (χ3n) is 4.28. The minimum atomic E-state index is -3.28. The van der Waals surface area contributed by atoms with Crippen molar-refractivity contribution in [2.24, 2.45) is 0 Å². The monoisotopic (exact) mass is 349 g/mol. The fourth-order valence-electron chi connectivity index (χ4n) is 2.77. The minimum Gasteiger partial charge on any atom is -0.384 e. The molecule has 0 atom stereocenters. The van der Waals surface area contributed by atoms with E-state index in [1.165, 1.54) is 11.4 Å². The fourth-order valence-corrected chi connectivity index (χ4v) is 4.13. The van der Waals surface area contributed by atoms with Crippen molar-refractivity contribution in [1.29, 1.82) is 0 Å². The van der Waals surface area contributed by atoms with Gasteiger partial charge in [-0.25, -0.2) is 8.42 Å². The highest BCUT2D eigenvalue weighted by Crippen LogP contribution is 2.10. The van der Waals surface area contributed by atoms with Gasteiger partial charge < -0.3 is 14.4 Å². The zero-order chi connectivity index (χ0) is 16.7. The second-order valence-electron chi connectivity index (χ2n) is 5.79. The predicted octanol–water partition coefficient (Wildman–Crippen LogP) is -1.17. The van der Waals surface area contributed by atoms with E-state index in [1.807, 2.05) is 0 Å². The first-order valence-corrected chi connectivity index (χ1v) is 9.68. The van der Waals surface area contributed by atoms with E-state index in [1.54, 1.807) is 4.90 Å². The van der Waals surface area contributed by atoms with E-state index in [9.17, 15) is 13.2 Å². The first kappa shape index (κ1) is 18.6. The SMILES string of the molecule is COCCS(=O)(=O)N1CCN(C(=O)CCN2CCOCC2)CC1. The number of methoxy groups -OCH3 is 1. The Hall–Kier alpha value is -0.740. The van der Waals surface area contributed by atoms with Gasteiger partial charge >= 0.3 is 0 Å². The van der Waals surface area contributed by atoms with E-state index in [-0.39, 0.29) is 18.3 Å². The van der Waals surface area contributed by atoms with Crippen LogP contribution in [0.5, 0.6) is 0 Å². The molecule has 8 nitrogen and oxygen atoms in total. The predicted molar refractivity (Wildman–Crippen MR) is 85.7 cm³/mol. The van der Waals surface area contributed by atoms with Crippen LogP contribution in [0.4, 0.5) is 0 Å². The summed E-state index contributed by atoms with van der Waals surface area (Å²) in [7, 11) is -1.79. The molecule has 23 heavy (non-hydrogen) atoms. The van der Waals surface area contributed by atoms with Gasteiger partial charge in [0.1, 0.15) is 0 Å². The van der Waals surface area contributed by atoms with Gasteiger partial charge in [-0.05, 0) is 0 Å². The zero-order valence-electron chi connectivity index (χ0n) is 13.8. The highest BCUT2D eigenvalue weighted by Gasteiger charge is 2.28. The summed E-state index contributed by atoms with van der Waals surface area (Å²) in [4.78, 5) is 16.2. The molecule has 2 heterocycles. The van der Waals surface area contributed by atoms with Crippen LogP contribution in [0.2, 0.25) is 0 Å². The molecule has 9 heteroatoms. The summed E-state index contributed by atoms with van der Waals surface area (Å²) in [6, 6.07) is 0. The quantitative estimate of drug-likeness (QED) is 0.576.